The Kier molecular flexibility index (Phi) is 5.94. The second-order valence-corrected chi connectivity index (χ2v) is 5.54. The van der Waals surface area contributed by atoms with Gasteiger partial charge in [0.2, 0.25) is 17.7 Å². The highest BCUT2D eigenvalue weighted by Crippen LogP contribution is 2.14. The molecule has 0 radical (unpaired) electrons. The molecule has 7 heteroatoms. The van der Waals surface area contributed by atoms with Gasteiger partial charge in [-0.05, 0) is 13.3 Å². The second-order valence-electron chi connectivity index (χ2n) is 5.54. The third-order valence-corrected chi connectivity index (χ3v) is 3.87. The Morgan fingerprint density at radius 1 is 1.41 bits per heavy atom. The Bertz CT molecular complexity index is 489. The lowest BCUT2D eigenvalue weighted by molar-refractivity contribution is -0.122. The molecule has 0 bridgehead atoms. The first-order valence-electron chi connectivity index (χ1n) is 7.76. The molecule has 1 amide bonds. The summed E-state index contributed by atoms with van der Waals surface area (Å²) in [6.07, 6.45) is 2.65. The smallest absolute Gasteiger partial charge is 0.234 e. The van der Waals surface area contributed by atoms with Gasteiger partial charge >= 0.3 is 0 Å². The summed E-state index contributed by atoms with van der Waals surface area (Å²) in [5.41, 5.74) is 0. The highest BCUT2D eigenvalue weighted by Gasteiger charge is 2.21. The van der Waals surface area contributed by atoms with Crippen molar-refractivity contribution in [3.63, 3.8) is 0 Å². The monoisotopic (exact) mass is 307 g/mol. The molecule has 1 atom stereocenters. The van der Waals surface area contributed by atoms with Crippen molar-refractivity contribution >= 4 is 11.9 Å². The van der Waals surface area contributed by atoms with E-state index in [1.165, 1.54) is 0 Å². The standard InChI is InChI=1S/C15H25N5O2/c1-4-12(2)17-13(21)11-19-7-9-20(10-8-19)15-16-6-5-14(18-15)22-3/h5-6,12H,4,7-11H2,1-3H3,(H,17,21). The molecule has 1 aliphatic rings. The van der Waals surface area contributed by atoms with E-state index >= 15 is 0 Å². The maximum absolute atomic E-state index is 11.9. The number of aromatic nitrogens is 2. The number of amides is 1. The van der Waals surface area contributed by atoms with E-state index in [9.17, 15) is 4.79 Å². The summed E-state index contributed by atoms with van der Waals surface area (Å²) >= 11 is 0. The number of ether oxygens (including phenoxy) is 1. The predicted molar refractivity (Wildman–Crippen MR) is 85.1 cm³/mol. The minimum Gasteiger partial charge on any atom is -0.481 e. The van der Waals surface area contributed by atoms with Crippen LogP contribution in [0.3, 0.4) is 0 Å². The van der Waals surface area contributed by atoms with Crippen LogP contribution in [0.15, 0.2) is 12.3 Å². The number of carbonyl (C=O) groups excluding carboxylic acids is 1. The zero-order chi connectivity index (χ0) is 15.9. The fourth-order valence-electron chi connectivity index (χ4n) is 2.33. The van der Waals surface area contributed by atoms with Gasteiger partial charge in [0.05, 0.1) is 13.7 Å². The Labute approximate surface area is 131 Å². The lowest BCUT2D eigenvalue weighted by atomic mass is 10.2. The van der Waals surface area contributed by atoms with Crippen molar-refractivity contribution in [1.29, 1.82) is 0 Å². The molecule has 0 saturated carbocycles. The van der Waals surface area contributed by atoms with Gasteiger partial charge in [0, 0.05) is 44.5 Å². The van der Waals surface area contributed by atoms with Gasteiger partial charge in [-0.1, -0.05) is 6.92 Å². The van der Waals surface area contributed by atoms with E-state index in [0.29, 0.717) is 18.4 Å². The van der Waals surface area contributed by atoms with Crippen LogP contribution in [0.1, 0.15) is 20.3 Å². The number of methoxy groups -OCH3 is 1. The fourth-order valence-corrected chi connectivity index (χ4v) is 2.33. The Morgan fingerprint density at radius 2 is 2.14 bits per heavy atom. The van der Waals surface area contributed by atoms with Crippen molar-refractivity contribution in [1.82, 2.24) is 20.2 Å². The maximum atomic E-state index is 11.9. The van der Waals surface area contributed by atoms with Crippen LogP contribution in [-0.4, -0.2) is 66.7 Å². The van der Waals surface area contributed by atoms with Crippen molar-refractivity contribution in [2.45, 2.75) is 26.3 Å². The van der Waals surface area contributed by atoms with Crippen LogP contribution in [-0.2, 0) is 4.79 Å². The van der Waals surface area contributed by atoms with Gasteiger partial charge in [0.1, 0.15) is 0 Å². The molecule has 1 aliphatic heterocycles. The molecule has 0 spiro atoms. The van der Waals surface area contributed by atoms with Gasteiger partial charge in [-0.25, -0.2) is 4.98 Å². The van der Waals surface area contributed by atoms with E-state index in [4.69, 9.17) is 4.74 Å². The first-order valence-corrected chi connectivity index (χ1v) is 7.76. The minimum atomic E-state index is 0.0976. The molecule has 2 rings (SSSR count). The number of hydrogen-bond donors (Lipinski definition) is 1. The van der Waals surface area contributed by atoms with Crippen LogP contribution >= 0.6 is 0 Å². The van der Waals surface area contributed by atoms with Crippen molar-refractivity contribution < 1.29 is 9.53 Å². The van der Waals surface area contributed by atoms with E-state index < -0.39 is 0 Å². The average Bonchev–Trinajstić information content (AvgIpc) is 2.55. The largest absolute Gasteiger partial charge is 0.481 e. The predicted octanol–water partition coefficient (Wildman–Crippen LogP) is 0.522. The summed E-state index contributed by atoms with van der Waals surface area (Å²) in [6.45, 7) is 7.82. The summed E-state index contributed by atoms with van der Waals surface area (Å²) < 4.78 is 5.13. The molecular formula is C15H25N5O2. The summed E-state index contributed by atoms with van der Waals surface area (Å²) in [5, 5.41) is 3.00. The number of piperazine rings is 1. The fraction of sp³-hybridized carbons (Fsp3) is 0.667. The Hall–Kier alpha value is -1.89. The molecule has 7 nitrogen and oxygen atoms in total. The van der Waals surface area contributed by atoms with Gasteiger partial charge in [0.25, 0.3) is 0 Å². The van der Waals surface area contributed by atoms with E-state index in [1.807, 2.05) is 6.92 Å². The van der Waals surface area contributed by atoms with Gasteiger partial charge in [-0.15, -0.1) is 0 Å². The van der Waals surface area contributed by atoms with Crippen LogP contribution in [0.5, 0.6) is 5.88 Å². The summed E-state index contributed by atoms with van der Waals surface area (Å²) in [7, 11) is 1.60. The third-order valence-electron chi connectivity index (χ3n) is 3.87. The van der Waals surface area contributed by atoms with Crippen molar-refractivity contribution in [3.05, 3.63) is 12.3 Å². The van der Waals surface area contributed by atoms with E-state index in [0.717, 1.165) is 32.6 Å². The average molecular weight is 307 g/mol. The van der Waals surface area contributed by atoms with Gasteiger partial charge in [-0.2, -0.15) is 4.98 Å². The molecule has 0 aromatic carbocycles. The van der Waals surface area contributed by atoms with Crippen molar-refractivity contribution in [2.24, 2.45) is 0 Å². The van der Waals surface area contributed by atoms with Gasteiger partial charge in [0.15, 0.2) is 0 Å². The van der Waals surface area contributed by atoms with Crippen LogP contribution < -0.4 is 15.0 Å². The molecule has 1 aromatic rings. The number of hydrogen-bond acceptors (Lipinski definition) is 6. The second kappa shape index (κ2) is 7.93. The van der Waals surface area contributed by atoms with Crippen molar-refractivity contribution in [3.8, 4) is 5.88 Å². The number of carbonyl (C=O) groups is 1. The van der Waals surface area contributed by atoms with Crippen LogP contribution in [0.4, 0.5) is 5.95 Å². The molecule has 1 saturated heterocycles. The number of anilines is 1. The van der Waals surface area contributed by atoms with Crippen LogP contribution in [0.25, 0.3) is 0 Å². The lowest BCUT2D eigenvalue weighted by Gasteiger charge is -2.34. The summed E-state index contributed by atoms with van der Waals surface area (Å²) in [6, 6.07) is 1.97. The van der Waals surface area contributed by atoms with Crippen LogP contribution in [0, 0.1) is 0 Å². The van der Waals surface area contributed by atoms with Gasteiger partial charge < -0.3 is 15.0 Å². The Balaban J connectivity index is 1.81. The van der Waals surface area contributed by atoms with E-state index in [2.05, 4.69) is 32.0 Å². The minimum absolute atomic E-state index is 0.0976. The summed E-state index contributed by atoms with van der Waals surface area (Å²) in [4.78, 5) is 24.8. The lowest BCUT2D eigenvalue weighted by Crippen LogP contribution is -2.50. The molecule has 2 heterocycles. The first kappa shape index (κ1) is 16.5. The quantitative estimate of drug-likeness (QED) is 0.826. The topological polar surface area (TPSA) is 70.6 Å². The Morgan fingerprint density at radius 3 is 2.77 bits per heavy atom. The third kappa shape index (κ3) is 4.56. The molecule has 1 fully saturated rings. The highest BCUT2D eigenvalue weighted by molar-refractivity contribution is 5.78. The molecule has 122 valence electrons. The summed E-state index contributed by atoms with van der Waals surface area (Å²) in [5.74, 6) is 1.35. The number of nitrogens with one attached hydrogen (secondary N) is 1. The zero-order valence-electron chi connectivity index (χ0n) is 13.6. The SMILES string of the molecule is CCC(C)NC(=O)CN1CCN(c2nccc(OC)n2)CC1. The molecule has 0 aliphatic carbocycles. The molecule has 1 N–H and O–H groups in total. The van der Waals surface area contributed by atoms with E-state index in [-0.39, 0.29) is 11.9 Å². The van der Waals surface area contributed by atoms with E-state index in [1.54, 1.807) is 19.4 Å². The molecular weight excluding hydrogens is 282 g/mol. The molecule has 1 aromatic heterocycles. The van der Waals surface area contributed by atoms with Crippen LogP contribution in [0.2, 0.25) is 0 Å². The highest BCUT2D eigenvalue weighted by atomic mass is 16.5. The zero-order valence-corrected chi connectivity index (χ0v) is 13.6. The van der Waals surface area contributed by atoms with Gasteiger partial charge in [-0.3, -0.25) is 9.69 Å². The normalized spacial score (nSPS) is 17.1. The number of nitrogens with zero attached hydrogens (tertiary/aromatic N) is 4. The van der Waals surface area contributed by atoms with Crippen molar-refractivity contribution in [2.75, 3.05) is 44.7 Å². The molecule has 22 heavy (non-hydrogen) atoms. The maximum Gasteiger partial charge on any atom is 0.234 e. The number of rotatable bonds is 6. The molecule has 1 unspecified atom stereocenters. The first-order chi connectivity index (χ1) is 10.6.